The first-order valence-electron chi connectivity index (χ1n) is 5.10. The molecule has 2 heterocycles. The van der Waals surface area contributed by atoms with Crippen molar-refractivity contribution in [3.05, 3.63) is 24.0 Å². The highest BCUT2D eigenvalue weighted by atomic mass is 16.2. The summed E-state index contributed by atoms with van der Waals surface area (Å²) in [5, 5.41) is 2.54. The van der Waals surface area contributed by atoms with E-state index in [0.717, 1.165) is 0 Å². The number of hydrogen-bond acceptors (Lipinski definition) is 5. The number of rotatable bonds is 3. The lowest BCUT2D eigenvalue weighted by Crippen LogP contribution is -2.17. The number of imidazole rings is 2. The summed E-state index contributed by atoms with van der Waals surface area (Å²) >= 11 is 0. The number of aromatic nitrogens is 4. The van der Waals surface area contributed by atoms with E-state index in [9.17, 15) is 9.59 Å². The van der Waals surface area contributed by atoms with Crippen molar-refractivity contribution in [1.29, 1.82) is 0 Å². The maximum absolute atomic E-state index is 11.9. The van der Waals surface area contributed by atoms with Crippen molar-refractivity contribution < 1.29 is 9.59 Å². The molecule has 0 fully saturated rings. The van der Waals surface area contributed by atoms with Crippen LogP contribution in [0.3, 0.4) is 0 Å². The van der Waals surface area contributed by atoms with Crippen LogP contribution >= 0.6 is 0 Å². The predicted molar refractivity (Wildman–Crippen MR) is 64.2 cm³/mol. The number of carbonyl (C=O) groups excluding carboxylic acids is 2. The molecule has 0 unspecified atom stereocenters. The second kappa shape index (κ2) is 4.32. The van der Waals surface area contributed by atoms with Crippen LogP contribution in [0, 0.1) is 0 Å². The van der Waals surface area contributed by atoms with E-state index in [4.69, 9.17) is 5.73 Å². The third kappa shape index (κ3) is 2.08. The second-order valence-corrected chi connectivity index (χ2v) is 3.77. The minimum absolute atomic E-state index is 0.172. The molecule has 0 bridgehead atoms. The summed E-state index contributed by atoms with van der Waals surface area (Å²) in [5.41, 5.74) is 5.48. The highest BCUT2D eigenvalue weighted by Gasteiger charge is 2.15. The van der Waals surface area contributed by atoms with Crippen LogP contribution in [-0.2, 0) is 14.1 Å². The van der Waals surface area contributed by atoms with Crippen LogP contribution in [-0.4, -0.2) is 31.3 Å². The molecule has 8 nitrogen and oxygen atoms in total. The van der Waals surface area contributed by atoms with E-state index in [2.05, 4.69) is 15.3 Å². The average Bonchev–Trinajstić information content (AvgIpc) is 2.81. The topological polar surface area (TPSA) is 108 Å². The van der Waals surface area contributed by atoms with Crippen molar-refractivity contribution >= 4 is 23.8 Å². The van der Waals surface area contributed by atoms with Crippen LogP contribution < -0.4 is 11.1 Å². The molecule has 0 spiro atoms. The van der Waals surface area contributed by atoms with Gasteiger partial charge in [-0.1, -0.05) is 0 Å². The molecule has 0 saturated heterocycles. The van der Waals surface area contributed by atoms with Gasteiger partial charge in [0, 0.05) is 26.5 Å². The molecule has 8 heteroatoms. The normalized spacial score (nSPS) is 10.3. The van der Waals surface area contributed by atoms with Crippen LogP contribution in [0.25, 0.3) is 0 Å². The molecule has 0 aliphatic rings. The van der Waals surface area contributed by atoms with Gasteiger partial charge in [-0.2, -0.15) is 0 Å². The van der Waals surface area contributed by atoms with Crippen LogP contribution in [0.15, 0.2) is 12.4 Å². The molecule has 2 rings (SSSR count). The first kappa shape index (κ1) is 11.8. The third-order valence-corrected chi connectivity index (χ3v) is 2.36. The fourth-order valence-electron chi connectivity index (χ4n) is 1.52. The van der Waals surface area contributed by atoms with E-state index in [-0.39, 0.29) is 23.3 Å². The quantitative estimate of drug-likeness (QED) is 0.731. The zero-order valence-electron chi connectivity index (χ0n) is 9.91. The number of nitrogens with two attached hydrogens (primary N) is 1. The van der Waals surface area contributed by atoms with Crippen molar-refractivity contribution in [3.63, 3.8) is 0 Å². The Morgan fingerprint density at radius 2 is 2.06 bits per heavy atom. The number of nitrogens with one attached hydrogen (secondary N) is 1. The Kier molecular flexibility index (Phi) is 2.84. The fraction of sp³-hybridized carbons (Fsp3) is 0.200. The Morgan fingerprint density at radius 3 is 2.56 bits per heavy atom. The summed E-state index contributed by atoms with van der Waals surface area (Å²) < 4.78 is 3.02. The molecule has 94 valence electrons. The van der Waals surface area contributed by atoms with E-state index >= 15 is 0 Å². The first-order valence-corrected chi connectivity index (χ1v) is 5.10. The van der Waals surface area contributed by atoms with Gasteiger partial charge >= 0.3 is 0 Å². The van der Waals surface area contributed by atoms with E-state index in [0.29, 0.717) is 6.29 Å². The summed E-state index contributed by atoms with van der Waals surface area (Å²) in [6.07, 6.45) is 3.67. The van der Waals surface area contributed by atoms with E-state index in [1.807, 2.05) is 0 Å². The van der Waals surface area contributed by atoms with Gasteiger partial charge in [-0.15, -0.1) is 0 Å². The van der Waals surface area contributed by atoms with Crippen molar-refractivity contribution in [3.8, 4) is 0 Å². The molecule has 0 saturated carbocycles. The van der Waals surface area contributed by atoms with Crippen molar-refractivity contribution in [2.75, 3.05) is 11.1 Å². The molecule has 18 heavy (non-hydrogen) atoms. The smallest absolute Gasteiger partial charge is 0.292 e. The highest BCUT2D eigenvalue weighted by Crippen LogP contribution is 2.09. The molecule has 0 aliphatic carbocycles. The highest BCUT2D eigenvalue weighted by molar-refractivity contribution is 6.01. The Balaban J connectivity index is 2.21. The number of nitrogen functional groups attached to an aromatic ring is 1. The molecule has 1 amide bonds. The lowest BCUT2D eigenvalue weighted by Gasteiger charge is -2.00. The number of nitrogens with zero attached hydrogens (tertiary/aromatic N) is 4. The van der Waals surface area contributed by atoms with Gasteiger partial charge < -0.3 is 20.2 Å². The van der Waals surface area contributed by atoms with Crippen LogP contribution in [0.2, 0.25) is 0 Å². The Bertz CT molecular complexity index is 612. The maximum Gasteiger partial charge on any atom is 0.292 e. The van der Waals surface area contributed by atoms with Gasteiger partial charge in [0.15, 0.2) is 17.9 Å². The summed E-state index contributed by atoms with van der Waals surface area (Å²) in [5.74, 6) is 0.503. The summed E-state index contributed by atoms with van der Waals surface area (Å²) in [6.45, 7) is 0. The zero-order chi connectivity index (χ0) is 13.3. The SMILES string of the molecule is Cn1cc(NC(=O)c2nc(N)cn2C)nc1C=O. The molecule has 2 aromatic rings. The van der Waals surface area contributed by atoms with Gasteiger partial charge in [-0.05, 0) is 0 Å². The monoisotopic (exact) mass is 248 g/mol. The van der Waals surface area contributed by atoms with E-state index in [1.165, 1.54) is 21.5 Å². The molecule has 0 atom stereocenters. The second-order valence-electron chi connectivity index (χ2n) is 3.77. The third-order valence-electron chi connectivity index (χ3n) is 2.36. The molecule has 3 N–H and O–H groups in total. The summed E-state index contributed by atoms with van der Waals surface area (Å²) in [7, 11) is 3.32. The largest absolute Gasteiger partial charge is 0.382 e. The van der Waals surface area contributed by atoms with Crippen LogP contribution in [0.4, 0.5) is 11.6 Å². The minimum Gasteiger partial charge on any atom is -0.382 e. The molecule has 0 radical (unpaired) electrons. The van der Waals surface area contributed by atoms with Crippen molar-refractivity contribution in [2.24, 2.45) is 14.1 Å². The molecule has 0 aromatic carbocycles. The molecule has 2 aromatic heterocycles. The van der Waals surface area contributed by atoms with Crippen LogP contribution in [0.5, 0.6) is 0 Å². The predicted octanol–water partition coefficient (Wildman–Crippen LogP) is -0.199. The number of anilines is 2. The first-order chi connectivity index (χ1) is 8.51. The number of aryl methyl sites for hydroxylation is 2. The fourth-order valence-corrected chi connectivity index (χ4v) is 1.52. The number of hydrogen-bond donors (Lipinski definition) is 2. The van der Waals surface area contributed by atoms with Crippen LogP contribution in [0.1, 0.15) is 21.2 Å². The van der Waals surface area contributed by atoms with Crippen molar-refractivity contribution in [1.82, 2.24) is 19.1 Å². The lowest BCUT2D eigenvalue weighted by atomic mass is 10.5. The summed E-state index contributed by atoms with van der Waals surface area (Å²) in [4.78, 5) is 30.3. The Hall–Kier alpha value is -2.64. The number of amides is 1. The van der Waals surface area contributed by atoms with Gasteiger partial charge in [0.1, 0.15) is 5.82 Å². The van der Waals surface area contributed by atoms with E-state index < -0.39 is 5.91 Å². The van der Waals surface area contributed by atoms with Gasteiger partial charge in [0.25, 0.3) is 5.91 Å². The van der Waals surface area contributed by atoms with Crippen molar-refractivity contribution in [2.45, 2.75) is 0 Å². The zero-order valence-corrected chi connectivity index (χ0v) is 9.91. The summed E-state index contributed by atoms with van der Waals surface area (Å²) in [6, 6.07) is 0. The maximum atomic E-state index is 11.9. The van der Waals surface area contributed by atoms with Gasteiger partial charge in [-0.25, -0.2) is 9.97 Å². The molecular weight excluding hydrogens is 236 g/mol. The standard InChI is InChI=1S/C10H12N6O2/c1-15-4-7(13-8(15)5-17)14-10(18)9-12-6(11)3-16(9)2/h3-5H,11H2,1-2H3,(H,14,18). The van der Waals surface area contributed by atoms with E-state index in [1.54, 1.807) is 14.1 Å². The molecular formula is C10H12N6O2. The van der Waals surface area contributed by atoms with Gasteiger partial charge in [-0.3, -0.25) is 9.59 Å². The lowest BCUT2D eigenvalue weighted by molar-refractivity contribution is 0.101. The van der Waals surface area contributed by atoms with Gasteiger partial charge in [0.05, 0.1) is 0 Å². The molecule has 0 aliphatic heterocycles. The van der Waals surface area contributed by atoms with Gasteiger partial charge in [0.2, 0.25) is 5.82 Å². The average molecular weight is 248 g/mol. The Morgan fingerprint density at radius 1 is 1.33 bits per heavy atom. The number of aldehydes is 1. The Labute approximate surface area is 102 Å². The minimum atomic E-state index is -0.440. The number of carbonyl (C=O) groups is 2.